The average Bonchev–Trinajstić information content (AvgIpc) is 2.84. The zero-order valence-electron chi connectivity index (χ0n) is 10.4. The lowest BCUT2D eigenvalue weighted by Gasteiger charge is -2.08. The van der Waals surface area contributed by atoms with Crippen LogP contribution in [0.3, 0.4) is 0 Å². The highest BCUT2D eigenvalue weighted by Crippen LogP contribution is 2.29. The lowest BCUT2D eigenvalue weighted by Crippen LogP contribution is -2.05. The van der Waals surface area contributed by atoms with E-state index in [2.05, 4.69) is 15.6 Å². The van der Waals surface area contributed by atoms with Crippen molar-refractivity contribution < 1.29 is 18.3 Å². The first-order chi connectivity index (χ1) is 9.49. The number of benzene rings is 1. The molecule has 20 heavy (non-hydrogen) atoms. The van der Waals surface area contributed by atoms with Crippen molar-refractivity contribution in [2.45, 2.75) is 19.3 Å². The van der Waals surface area contributed by atoms with Crippen molar-refractivity contribution in [2.75, 3.05) is 11.9 Å². The van der Waals surface area contributed by atoms with Crippen molar-refractivity contribution in [3.8, 4) is 0 Å². The third-order valence-electron chi connectivity index (χ3n) is 2.60. The van der Waals surface area contributed by atoms with Gasteiger partial charge in [0.1, 0.15) is 5.69 Å². The predicted octanol–water partition coefficient (Wildman–Crippen LogP) is 1.90. The molecule has 0 amide bonds. The zero-order chi connectivity index (χ0) is 14.6. The fourth-order valence-electron chi connectivity index (χ4n) is 1.60. The average molecular weight is 286 g/mol. The van der Waals surface area contributed by atoms with Crippen LogP contribution in [0, 0.1) is 0 Å². The van der Waals surface area contributed by atoms with Crippen LogP contribution in [-0.4, -0.2) is 26.7 Å². The van der Waals surface area contributed by atoms with Gasteiger partial charge in [-0.3, -0.25) is 0 Å². The second kappa shape index (κ2) is 5.91. The number of aliphatic hydroxyl groups is 1. The van der Waals surface area contributed by atoms with Gasteiger partial charge < -0.3 is 10.4 Å². The maximum atomic E-state index is 12.4. The van der Waals surface area contributed by atoms with Crippen LogP contribution in [0.5, 0.6) is 0 Å². The van der Waals surface area contributed by atoms with Gasteiger partial charge in [-0.25, -0.2) is 4.68 Å². The summed E-state index contributed by atoms with van der Waals surface area (Å²) in [4.78, 5) is 0. The fourth-order valence-corrected chi connectivity index (χ4v) is 1.60. The van der Waals surface area contributed by atoms with Crippen molar-refractivity contribution in [3.63, 3.8) is 0 Å². The largest absolute Gasteiger partial charge is 0.416 e. The maximum absolute atomic E-state index is 12.4. The first-order valence-electron chi connectivity index (χ1n) is 5.90. The first-order valence-corrected chi connectivity index (χ1v) is 5.90. The molecule has 0 aliphatic heterocycles. The third kappa shape index (κ3) is 3.70. The molecule has 2 aromatic rings. The highest BCUT2D eigenvalue weighted by molar-refractivity contribution is 5.45. The Morgan fingerprint density at radius 1 is 1.20 bits per heavy atom. The van der Waals surface area contributed by atoms with Crippen LogP contribution in [0.1, 0.15) is 11.3 Å². The van der Waals surface area contributed by atoms with Crippen LogP contribution in [-0.2, 0) is 19.3 Å². The van der Waals surface area contributed by atoms with Gasteiger partial charge in [-0.1, -0.05) is 5.21 Å². The molecular formula is C12H13F3N4O. The molecule has 0 saturated heterocycles. The summed E-state index contributed by atoms with van der Waals surface area (Å²) in [5, 5.41) is 19.3. The number of nitrogens with zero attached hydrogens (tertiary/aromatic N) is 3. The molecule has 1 aromatic carbocycles. The molecule has 0 saturated carbocycles. The zero-order valence-corrected chi connectivity index (χ0v) is 10.4. The van der Waals surface area contributed by atoms with Gasteiger partial charge in [0, 0.05) is 5.69 Å². The molecule has 2 rings (SSSR count). The summed E-state index contributed by atoms with van der Waals surface area (Å²) in [6.45, 7) is 0.666. The Labute approximate surface area is 113 Å². The Kier molecular flexibility index (Phi) is 4.23. The fraction of sp³-hybridized carbons (Fsp3) is 0.333. The molecule has 1 heterocycles. The number of aromatic nitrogens is 3. The van der Waals surface area contributed by atoms with E-state index in [-0.39, 0.29) is 6.61 Å². The van der Waals surface area contributed by atoms with E-state index in [1.54, 1.807) is 6.20 Å². The van der Waals surface area contributed by atoms with Crippen molar-refractivity contribution in [1.29, 1.82) is 0 Å². The smallest absolute Gasteiger partial charge is 0.394 e. The normalized spacial score (nSPS) is 11.6. The van der Waals surface area contributed by atoms with Crippen LogP contribution in [0.2, 0.25) is 0 Å². The molecule has 108 valence electrons. The molecule has 0 aliphatic rings. The van der Waals surface area contributed by atoms with E-state index in [1.807, 2.05) is 0 Å². The second-order valence-electron chi connectivity index (χ2n) is 4.13. The van der Waals surface area contributed by atoms with Crippen LogP contribution >= 0.6 is 0 Å². The lowest BCUT2D eigenvalue weighted by molar-refractivity contribution is -0.137. The van der Waals surface area contributed by atoms with Crippen LogP contribution < -0.4 is 5.32 Å². The Morgan fingerprint density at radius 3 is 2.50 bits per heavy atom. The van der Waals surface area contributed by atoms with Gasteiger partial charge in [-0.2, -0.15) is 13.2 Å². The summed E-state index contributed by atoms with van der Waals surface area (Å²) >= 11 is 0. The molecule has 1 aromatic heterocycles. The molecule has 0 bridgehead atoms. The van der Waals surface area contributed by atoms with E-state index in [0.717, 1.165) is 12.1 Å². The topological polar surface area (TPSA) is 63.0 Å². The summed E-state index contributed by atoms with van der Waals surface area (Å²) in [6.07, 6.45) is -2.67. The number of nitrogens with one attached hydrogen (secondary N) is 1. The standard InChI is InChI=1S/C12H13F3N4O/c13-12(14,15)9-1-3-10(4-2-9)16-7-11-8-19(5-6-20)18-17-11/h1-4,8,16,20H,5-7H2. The van der Waals surface area contributed by atoms with Crippen LogP contribution in [0.4, 0.5) is 18.9 Å². The van der Waals surface area contributed by atoms with Gasteiger partial charge in [0.05, 0.1) is 31.5 Å². The maximum Gasteiger partial charge on any atom is 0.416 e. The molecule has 5 nitrogen and oxygen atoms in total. The number of aliphatic hydroxyl groups excluding tert-OH is 1. The van der Waals surface area contributed by atoms with E-state index in [9.17, 15) is 13.2 Å². The Hall–Kier alpha value is -2.09. The summed E-state index contributed by atoms with van der Waals surface area (Å²) < 4.78 is 38.6. The number of alkyl halides is 3. The van der Waals surface area contributed by atoms with Gasteiger partial charge >= 0.3 is 6.18 Å². The number of rotatable bonds is 5. The Morgan fingerprint density at radius 2 is 1.90 bits per heavy atom. The molecule has 0 fully saturated rings. The SMILES string of the molecule is OCCn1cc(CNc2ccc(C(F)(F)F)cc2)nn1. The lowest BCUT2D eigenvalue weighted by atomic mass is 10.2. The predicted molar refractivity (Wildman–Crippen MR) is 65.9 cm³/mol. The van der Waals surface area contributed by atoms with E-state index in [0.29, 0.717) is 24.5 Å². The molecule has 2 N–H and O–H groups in total. The van der Waals surface area contributed by atoms with Gasteiger partial charge in [0.2, 0.25) is 0 Å². The summed E-state index contributed by atoms with van der Waals surface area (Å²) in [7, 11) is 0. The van der Waals surface area contributed by atoms with E-state index in [1.165, 1.54) is 16.8 Å². The quantitative estimate of drug-likeness (QED) is 0.881. The minimum absolute atomic E-state index is 0.0326. The number of anilines is 1. The van der Waals surface area contributed by atoms with E-state index >= 15 is 0 Å². The Balaban J connectivity index is 1.93. The van der Waals surface area contributed by atoms with Gasteiger partial charge in [0.15, 0.2) is 0 Å². The van der Waals surface area contributed by atoms with Gasteiger partial charge in [0.25, 0.3) is 0 Å². The highest BCUT2D eigenvalue weighted by atomic mass is 19.4. The summed E-state index contributed by atoms with van der Waals surface area (Å²) in [6, 6.07) is 4.76. The first kappa shape index (κ1) is 14.3. The van der Waals surface area contributed by atoms with Crippen molar-refractivity contribution in [1.82, 2.24) is 15.0 Å². The number of hydrogen-bond donors (Lipinski definition) is 2. The molecule has 0 spiro atoms. The molecule has 8 heteroatoms. The third-order valence-corrected chi connectivity index (χ3v) is 2.60. The minimum Gasteiger partial charge on any atom is -0.394 e. The summed E-state index contributed by atoms with van der Waals surface area (Å²) in [5.41, 5.74) is 0.519. The molecule has 0 radical (unpaired) electrons. The number of halogens is 3. The molecule has 0 aliphatic carbocycles. The number of hydrogen-bond acceptors (Lipinski definition) is 4. The van der Waals surface area contributed by atoms with Gasteiger partial charge in [-0.05, 0) is 24.3 Å². The molecule has 0 unspecified atom stereocenters. The van der Waals surface area contributed by atoms with Crippen molar-refractivity contribution in [2.24, 2.45) is 0 Å². The van der Waals surface area contributed by atoms with Crippen LogP contribution in [0.15, 0.2) is 30.5 Å². The Bertz CT molecular complexity index is 551. The highest BCUT2D eigenvalue weighted by Gasteiger charge is 2.29. The van der Waals surface area contributed by atoms with Crippen molar-refractivity contribution >= 4 is 5.69 Å². The molecule has 0 atom stereocenters. The van der Waals surface area contributed by atoms with Crippen LogP contribution in [0.25, 0.3) is 0 Å². The monoisotopic (exact) mass is 286 g/mol. The minimum atomic E-state index is -4.33. The van der Waals surface area contributed by atoms with E-state index < -0.39 is 11.7 Å². The van der Waals surface area contributed by atoms with E-state index in [4.69, 9.17) is 5.11 Å². The van der Waals surface area contributed by atoms with Gasteiger partial charge in [-0.15, -0.1) is 5.10 Å². The summed E-state index contributed by atoms with van der Waals surface area (Å²) in [5.74, 6) is 0. The second-order valence-corrected chi connectivity index (χ2v) is 4.13. The van der Waals surface area contributed by atoms with Crippen molar-refractivity contribution in [3.05, 3.63) is 41.7 Å². The molecular weight excluding hydrogens is 273 g/mol.